The average Bonchev–Trinajstić information content (AvgIpc) is 2.39. The fourth-order valence-electron chi connectivity index (χ4n) is 1.52. The molecule has 0 aliphatic rings. The Kier molecular flexibility index (Phi) is 3.76. The van der Waals surface area contributed by atoms with Gasteiger partial charge in [-0.15, -0.1) is 0 Å². The van der Waals surface area contributed by atoms with Gasteiger partial charge in [-0.2, -0.15) is 0 Å². The standard InChI is InChI=1S/C14H12O5S/c1-20(17,18)13-8-6-12(7-9-13)19-14(16)10-2-4-11(15)5-3-10/h2-9,15H,1H3. The van der Waals surface area contributed by atoms with E-state index in [-0.39, 0.29) is 22.0 Å². The molecule has 0 saturated carbocycles. The number of phenols is 1. The van der Waals surface area contributed by atoms with Gasteiger partial charge < -0.3 is 9.84 Å². The van der Waals surface area contributed by atoms with E-state index in [1.807, 2.05) is 0 Å². The molecule has 20 heavy (non-hydrogen) atoms. The Hall–Kier alpha value is -2.34. The molecule has 0 saturated heterocycles. The molecule has 6 heteroatoms. The lowest BCUT2D eigenvalue weighted by Crippen LogP contribution is -2.08. The topological polar surface area (TPSA) is 80.7 Å². The summed E-state index contributed by atoms with van der Waals surface area (Å²) >= 11 is 0. The predicted molar refractivity (Wildman–Crippen MR) is 72.6 cm³/mol. The Balaban J connectivity index is 2.14. The van der Waals surface area contributed by atoms with Crippen LogP contribution in [0.25, 0.3) is 0 Å². The highest BCUT2D eigenvalue weighted by atomic mass is 32.2. The summed E-state index contributed by atoms with van der Waals surface area (Å²) in [6.07, 6.45) is 1.10. The van der Waals surface area contributed by atoms with Crippen molar-refractivity contribution in [2.75, 3.05) is 6.26 Å². The summed E-state index contributed by atoms with van der Waals surface area (Å²) < 4.78 is 27.7. The first-order valence-corrected chi connectivity index (χ1v) is 7.57. The van der Waals surface area contributed by atoms with Crippen molar-refractivity contribution in [2.24, 2.45) is 0 Å². The number of ether oxygens (including phenoxy) is 1. The third-order valence-electron chi connectivity index (χ3n) is 2.57. The molecule has 0 aromatic heterocycles. The summed E-state index contributed by atoms with van der Waals surface area (Å²) in [5.74, 6) is -0.286. The molecule has 0 aliphatic carbocycles. The van der Waals surface area contributed by atoms with Crippen LogP contribution in [0.2, 0.25) is 0 Å². The molecule has 2 rings (SSSR count). The second-order valence-electron chi connectivity index (χ2n) is 4.18. The lowest BCUT2D eigenvalue weighted by atomic mass is 10.2. The average molecular weight is 292 g/mol. The molecule has 104 valence electrons. The van der Waals surface area contributed by atoms with Crippen LogP contribution in [-0.2, 0) is 9.84 Å². The van der Waals surface area contributed by atoms with Crippen LogP contribution in [0.1, 0.15) is 10.4 Å². The fourth-order valence-corrected chi connectivity index (χ4v) is 2.15. The van der Waals surface area contributed by atoms with Crippen LogP contribution in [0.3, 0.4) is 0 Å². The van der Waals surface area contributed by atoms with Gasteiger partial charge in [0.2, 0.25) is 0 Å². The third kappa shape index (κ3) is 3.36. The molecule has 0 unspecified atom stereocenters. The number of hydrogen-bond acceptors (Lipinski definition) is 5. The monoisotopic (exact) mass is 292 g/mol. The summed E-state index contributed by atoms with van der Waals surface area (Å²) in [7, 11) is -3.27. The van der Waals surface area contributed by atoms with E-state index in [1.54, 1.807) is 0 Å². The van der Waals surface area contributed by atoms with Crippen LogP contribution in [0.15, 0.2) is 53.4 Å². The first kappa shape index (κ1) is 14.1. The van der Waals surface area contributed by atoms with Gasteiger partial charge in [-0.3, -0.25) is 0 Å². The largest absolute Gasteiger partial charge is 0.508 e. The molecular formula is C14H12O5S. The molecule has 0 bridgehead atoms. The second kappa shape index (κ2) is 5.34. The molecular weight excluding hydrogens is 280 g/mol. The zero-order valence-corrected chi connectivity index (χ0v) is 11.4. The number of aromatic hydroxyl groups is 1. The highest BCUT2D eigenvalue weighted by Gasteiger charge is 2.10. The van der Waals surface area contributed by atoms with E-state index in [9.17, 15) is 13.2 Å². The van der Waals surface area contributed by atoms with Gasteiger partial charge >= 0.3 is 5.97 Å². The van der Waals surface area contributed by atoms with Gasteiger partial charge in [-0.25, -0.2) is 13.2 Å². The number of rotatable bonds is 3. The SMILES string of the molecule is CS(=O)(=O)c1ccc(OC(=O)c2ccc(O)cc2)cc1. The van der Waals surface area contributed by atoms with E-state index in [0.717, 1.165) is 6.26 Å². The second-order valence-corrected chi connectivity index (χ2v) is 6.20. The molecule has 0 fully saturated rings. The number of hydrogen-bond donors (Lipinski definition) is 1. The molecule has 0 heterocycles. The first-order chi connectivity index (χ1) is 9.36. The van der Waals surface area contributed by atoms with Crippen molar-refractivity contribution in [1.29, 1.82) is 0 Å². The summed E-state index contributed by atoms with van der Waals surface area (Å²) in [6, 6.07) is 11.2. The lowest BCUT2D eigenvalue weighted by molar-refractivity contribution is 0.0734. The van der Waals surface area contributed by atoms with Crippen LogP contribution in [-0.4, -0.2) is 25.7 Å². The minimum absolute atomic E-state index is 0.0547. The van der Waals surface area contributed by atoms with Gasteiger partial charge in [0.1, 0.15) is 11.5 Å². The van der Waals surface area contributed by atoms with E-state index in [2.05, 4.69) is 0 Å². The van der Waals surface area contributed by atoms with Gasteiger partial charge in [-0.05, 0) is 48.5 Å². The summed E-state index contributed by atoms with van der Waals surface area (Å²) in [6.45, 7) is 0. The highest BCUT2D eigenvalue weighted by Crippen LogP contribution is 2.18. The third-order valence-corrected chi connectivity index (χ3v) is 3.69. The Bertz CT molecular complexity index is 715. The highest BCUT2D eigenvalue weighted by molar-refractivity contribution is 7.90. The predicted octanol–water partition coefficient (Wildman–Crippen LogP) is 2.01. The molecule has 2 aromatic rings. The van der Waals surface area contributed by atoms with Gasteiger partial charge in [0.15, 0.2) is 9.84 Å². The van der Waals surface area contributed by atoms with E-state index >= 15 is 0 Å². The number of esters is 1. The van der Waals surface area contributed by atoms with E-state index in [4.69, 9.17) is 9.84 Å². The number of benzene rings is 2. The molecule has 0 spiro atoms. The van der Waals surface area contributed by atoms with Crippen LogP contribution in [0, 0.1) is 0 Å². The van der Waals surface area contributed by atoms with Crippen LogP contribution >= 0.6 is 0 Å². The van der Waals surface area contributed by atoms with Crippen LogP contribution < -0.4 is 4.74 Å². The van der Waals surface area contributed by atoms with Crippen molar-refractivity contribution >= 4 is 15.8 Å². The lowest BCUT2D eigenvalue weighted by Gasteiger charge is -2.05. The minimum atomic E-state index is -3.27. The van der Waals surface area contributed by atoms with Crippen molar-refractivity contribution in [1.82, 2.24) is 0 Å². The minimum Gasteiger partial charge on any atom is -0.508 e. The maximum absolute atomic E-state index is 11.8. The summed E-state index contributed by atoms with van der Waals surface area (Å²) in [5, 5.41) is 9.13. The van der Waals surface area contributed by atoms with Crippen LogP contribution in [0.5, 0.6) is 11.5 Å². The van der Waals surface area contributed by atoms with Crippen molar-refractivity contribution in [3.63, 3.8) is 0 Å². The Morgan fingerprint density at radius 2 is 1.55 bits per heavy atom. The molecule has 0 atom stereocenters. The summed E-state index contributed by atoms with van der Waals surface area (Å²) in [4.78, 5) is 11.9. The van der Waals surface area contributed by atoms with Crippen molar-refractivity contribution in [3.05, 3.63) is 54.1 Å². The number of phenolic OH excluding ortho intramolecular Hbond substituents is 1. The number of carbonyl (C=O) groups is 1. The molecule has 0 amide bonds. The van der Waals surface area contributed by atoms with Crippen molar-refractivity contribution in [3.8, 4) is 11.5 Å². The van der Waals surface area contributed by atoms with Gasteiger partial charge in [0, 0.05) is 6.26 Å². The Morgan fingerprint density at radius 3 is 2.05 bits per heavy atom. The van der Waals surface area contributed by atoms with E-state index in [1.165, 1.54) is 48.5 Å². The number of carbonyl (C=O) groups excluding carboxylic acids is 1. The normalized spacial score (nSPS) is 11.1. The van der Waals surface area contributed by atoms with E-state index < -0.39 is 15.8 Å². The zero-order chi connectivity index (χ0) is 14.8. The molecule has 5 nitrogen and oxygen atoms in total. The molecule has 0 aliphatic heterocycles. The molecule has 2 aromatic carbocycles. The fraction of sp³-hybridized carbons (Fsp3) is 0.0714. The van der Waals surface area contributed by atoms with Gasteiger partial charge in [-0.1, -0.05) is 0 Å². The van der Waals surface area contributed by atoms with Crippen molar-refractivity contribution in [2.45, 2.75) is 4.90 Å². The van der Waals surface area contributed by atoms with E-state index in [0.29, 0.717) is 0 Å². The maximum Gasteiger partial charge on any atom is 0.343 e. The quantitative estimate of drug-likeness (QED) is 0.691. The maximum atomic E-state index is 11.8. The van der Waals surface area contributed by atoms with Crippen LogP contribution in [0.4, 0.5) is 0 Å². The van der Waals surface area contributed by atoms with Crippen molar-refractivity contribution < 1.29 is 23.1 Å². The summed E-state index contributed by atoms with van der Waals surface area (Å²) in [5.41, 5.74) is 0.287. The van der Waals surface area contributed by atoms with Gasteiger partial charge in [0.05, 0.1) is 10.5 Å². The van der Waals surface area contributed by atoms with Gasteiger partial charge in [0.25, 0.3) is 0 Å². The molecule has 0 radical (unpaired) electrons. The Labute approximate surface area is 116 Å². The zero-order valence-electron chi connectivity index (χ0n) is 10.6. The first-order valence-electron chi connectivity index (χ1n) is 5.67. The number of sulfone groups is 1. The molecule has 1 N–H and O–H groups in total. The Morgan fingerprint density at radius 1 is 1.00 bits per heavy atom. The smallest absolute Gasteiger partial charge is 0.343 e.